The first-order chi connectivity index (χ1) is 8.27. The van der Waals surface area contributed by atoms with Gasteiger partial charge in [-0.15, -0.1) is 0 Å². The van der Waals surface area contributed by atoms with Crippen LogP contribution in [0.1, 0.15) is 27.7 Å². The minimum absolute atomic E-state index is 0.0178. The number of hydrogen-bond donors (Lipinski definition) is 1. The van der Waals surface area contributed by atoms with Crippen molar-refractivity contribution >= 4 is 11.9 Å². The molecule has 0 aliphatic carbocycles. The second kappa shape index (κ2) is 8.08. The molecule has 1 N–H and O–H groups in total. The summed E-state index contributed by atoms with van der Waals surface area (Å²) in [6.45, 7) is 8.70. The van der Waals surface area contributed by atoms with Crippen LogP contribution in [-0.2, 0) is 14.3 Å². The molecule has 0 saturated carbocycles. The fraction of sp³-hybridized carbons (Fsp3) is 0.846. The van der Waals surface area contributed by atoms with Crippen LogP contribution in [-0.4, -0.2) is 50.1 Å². The van der Waals surface area contributed by atoms with Crippen molar-refractivity contribution in [3.8, 4) is 0 Å². The van der Waals surface area contributed by atoms with Gasteiger partial charge in [0.15, 0.2) is 0 Å². The highest BCUT2D eigenvalue weighted by molar-refractivity contribution is 5.78. The number of methoxy groups -OCH3 is 1. The van der Waals surface area contributed by atoms with E-state index in [0.717, 1.165) is 0 Å². The zero-order valence-corrected chi connectivity index (χ0v) is 12.3. The number of rotatable bonds is 7. The van der Waals surface area contributed by atoms with E-state index in [1.807, 2.05) is 18.9 Å². The second-order valence-electron chi connectivity index (χ2n) is 5.22. The smallest absolute Gasteiger partial charge is 0.309 e. The largest absolute Gasteiger partial charge is 0.469 e. The summed E-state index contributed by atoms with van der Waals surface area (Å²) in [5, 5.41) is 2.93. The summed E-state index contributed by atoms with van der Waals surface area (Å²) in [5.74, 6) is -0.0860. The van der Waals surface area contributed by atoms with Gasteiger partial charge in [0.1, 0.15) is 0 Å². The normalized spacial score (nSPS) is 14.4. The number of nitrogens with zero attached hydrogens (tertiary/aromatic N) is 1. The summed E-state index contributed by atoms with van der Waals surface area (Å²) in [6, 6.07) is 0.156. The van der Waals surface area contributed by atoms with Gasteiger partial charge in [-0.25, -0.2) is 0 Å². The maximum atomic E-state index is 11.7. The van der Waals surface area contributed by atoms with Crippen molar-refractivity contribution in [2.75, 3.05) is 27.2 Å². The van der Waals surface area contributed by atoms with Crippen LogP contribution in [0.15, 0.2) is 0 Å². The van der Waals surface area contributed by atoms with Crippen LogP contribution in [0.3, 0.4) is 0 Å². The van der Waals surface area contributed by atoms with Crippen molar-refractivity contribution < 1.29 is 14.3 Å². The van der Waals surface area contributed by atoms with Gasteiger partial charge in [-0.1, -0.05) is 20.8 Å². The lowest BCUT2D eigenvalue weighted by Gasteiger charge is -2.22. The molecule has 0 radical (unpaired) electrons. The van der Waals surface area contributed by atoms with Crippen LogP contribution in [0.4, 0.5) is 0 Å². The van der Waals surface area contributed by atoms with E-state index in [9.17, 15) is 9.59 Å². The number of ether oxygens (including phenoxy) is 1. The summed E-state index contributed by atoms with van der Waals surface area (Å²) in [5.41, 5.74) is 0. The molecular formula is C13H26N2O3. The summed E-state index contributed by atoms with van der Waals surface area (Å²) in [7, 11) is 3.19. The highest BCUT2D eigenvalue weighted by Gasteiger charge is 2.18. The Labute approximate surface area is 110 Å². The number of hydrogen-bond acceptors (Lipinski definition) is 4. The van der Waals surface area contributed by atoms with Gasteiger partial charge >= 0.3 is 5.97 Å². The Morgan fingerprint density at radius 2 is 1.78 bits per heavy atom. The van der Waals surface area contributed by atoms with Gasteiger partial charge in [0.2, 0.25) is 5.91 Å². The lowest BCUT2D eigenvalue weighted by molar-refractivity contribution is -0.145. The van der Waals surface area contributed by atoms with Crippen molar-refractivity contribution in [1.29, 1.82) is 0 Å². The molecule has 0 aliphatic rings. The SMILES string of the molecule is COC(=O)C(C)CN(C)CC(=O)NC(C)C(C)C. The molecular weight excluding hydrogens is 232 g/mol. The molecule has 0 aliphatic heterocycles. The first-order valence-electron chi connectivity index (χ1n) is 6.33. The third-order valence-electron chi connectivity index (χ3n) is 2.99. The quantitative estimate of drug-likeness (QED) is 0.689. The van der Waals surface area contributed by atoms with Gasteiger partial charge in [0, 0.05) is 12.6 Å². The van der Waals surface area contributed by atoms with Gasteiger partial charge in [-0.2, -0.15) is 0 Å². The molecule has 0 aromatic carbocycles. The van der Waals surface area contributed by atoms with E-state index >= 15 is 0 Å². The molecule has 0 spiro atoms. The number of carbonyl (C=O) groups excluding carboxylic acids is 2. The molecule has 2 atom stereocenters. The standard InChI is InChI=1S/C13H26N2O3/c1-9(2)11(4)14-12(16)8-15(5)7-10(3)13(17)18-6/h9-11H,7-8H2,1-6H3,(H,14,16). The Hall–Kier alpha value is -1.10. The molecule has 0 fully saturated rings. The fourth-order valence-electron chi connectivity index (χ4n) is 1.52. The minimum Gasteiger partial charge on any atom is -0.469 e. The average molecular weight is 258 g/mol. The van der Waals surface area contributed by atoms with Crippen molar-refractivity contribution in [2.45, 2.75) is 33.7 Å². The molecule has 1 amide bonds. The Kier molecular flexibility index (Phi) is 7.59. The van der Waals surface area contributed by atoms with E-state index in [2.05, 4.69) is 23.9 Å². The lowest BCUT2D eigenvalue weighted by atomic mass is 10.1. The van der Waals surface area contributed by atoms with Gasteiger partial charge in [-0.05, 0) is 19.9 Å². The van der Waals surface area contributed by atoms with E-state index in [1.54, 1.807) is 6.92 Å². The summed E-state index contributed by atoms with van der Waals surface area (Å²) in [6.07, 6.45) is 0. The molecule has 0 aromatic heterocycles. The molecule has 5 nitrogen and oxygen atoms in total. The van der Waals surface area contributed by atoms with Crippen molar-refractivity contribution in [1.82, 2.24) is 10.2 Å². The predicted octanol–water partition coefficient (Wildman–Crippen LogP) is 0.888. The molecule has 106 valence electrons. The molecule has 0 saturated heterocycles. The summed E-state index contributed by atoms with van der Waals surface area (Å²) < 4.78 is 4.65. The predicted molar refractivity (Wildman–Crippen MR) is 71.1 cm³/mol. The van der Waals surface area contributed by atoms with E-state index in [0.29, 0.717) is 19.0 Å². The first kappa shape index (κ1) is 16.9. The molecule has 0 aromatic rings. The van der Waals surface area contributed by atoms with E-state index < -0.39 is 0 Å². The van der Waals surface area contributed by atoms with Gasteiger partial charge in [0.25, 0.3) is 0 Å². The topological polar surface area (TPSA) is 58.6 Å². The van der Waals surface area contributed by atoms with Gasteiger partial charge in [0.05, 0.1) is 19.6 Å². The number of likely N-dealkylation sites (N-methyl/N-ethyl adjacent to an activating group) is 1. The maximum absolute atomic E-state index is 11.7. The molecule has 0 rings (SSSR count). The highest BCUT2D eigenvalue weighted by atomic mass is 16.5. The van der Waals surface area contributed by atoms with Gasteiger partial charge < -0.3 is 10.1 Å². The summed E-state index contributed by atoms with van der Waals surface area (Å²) >= 11 is 0. The number of carbonyl (C=O) groups is 2. The Morgan fingerprint density at radius 3 is 2.22 bits per heavy atom. The average Bonchev–Trinajstić information content (AvgIpc) is 2.26. The number of nitrogens with one attached hydrogen (secondary N) is 1. The fourth-order valence-corrected chi connectivity index (χ4v) is 1.52. The van der Waals surface area contributed by atoms with Crippen molar-refractivity contribution in [3.05, 3.63) is 0 Å². The van der Waals surface area contributed by atoms with Crippen molar-refractivity contribution in [2.24, 2.45) is 11.8 Å². The van der Waals surface area contributed by atoms with E-state index in [-0.39, 0.29) is 23.8 Å². The molecule has 0 heterocycles. The Morgan fingerprint density at radius 1 is 1.22 bits per heavy atom. The van der Waals surface area contributed by atoms with Crippen LogP contribution in [0, 0.1) is 11.8 Å². The molecule has 5 heteroatoms. The summed E-state index contributed by atoms with van der Waals surface area (Å²) in [4.78, 5) is 24.8. The Bertz CT molecular complexity index is 279. The molecule has 0 bridgehead atoms. The zero-order valence-electron chi connectivity index (χ0n) is 12.3. The first-order valence-corrected chi connectivity index (χ1v) is 6.33. The molecule has 18 heavy (non-hydrogen) atoms. The molecule has 2 unspecified atom stereocenters. The Balaban J connectivity index is 4.04. The van der Waals surface area contributed by atoms with Crippen molar-refractivity contribution in [3.63, 3.8) is 0 Å². The number of amides is 1. The minimum atomic E-state index is -0.252. The lowest BCUT2D eigenvalue weighted by Crippen LogP contribution is -2.43. The van der Waals surface area contributed by atoms with Crippen LogP contribution in [0.2, 0.25) is 0 Å². The van der Waals surface area contributed by atoms with Crippen LogP contribution < -0.4 is 5.32 Å². The van der Waals surface area contributed by atoms with E-state index in [4.69, 9.17) is 0 Å². The second-order valence-corrected chi connectivity index (χ2v) is 5.22. The highest BCUT2D eigenvalue weighted by Crippen LogP contribution is 2.02. The maximum Gasteiger partial charge on any atom is 0.309 e. The van der Waals surface area contributed by atoms with Crippen LogP contribution in [0.5, 0.6) is 0 Å². The van der Waals surface area contributed by atoms with Gasteiger partial charge in [-0.3, -0.25) is 14.5 Å². The third kappa shape index (κ3) is 6.59. The van der Waals surface area contributed by atoms with Crippen LogP contribution >= 0.6 is 0 Å². The third-order valence-corrected chi connectivity index (χ3v) is 2.99. The monoisotopic (exact) mass is 258 g/mol. The van der Waals surface area contributed by atoms with E-state index in [1.165, 1.54) is 7.11 Å². The zero-order chi connectivity index (χ0) is 14.3. The van der Waals surface area contributed by atoms with Crippen LogP contribution in [0.25, 0.3) is 0 Å². The number of esters is 1.